The Bertz CT molecular complexity index is 580. The second-order valence-electron chi connectivity index (χ2n) is 4.22. The number of ether oxygens (including phenoxy) is 1. The Kier molecular flexibility index (Phi) is 4.30. The maximum absolute atomic E-state index is 12.0. The van der Waals surface area contributed by atoms with Crippen molar-refractivity contribution >= 4 is 11.6 Å². The molecule has 2 rings (SSSR count). The van der Waals surface area contributed by atoms with Crippen LogP contribution in [-0.4, -0.2) is 12.5 Å². The van der Waals surface area contributed by atoms with E-state index in [4.69, 9.17) is 0 Å². The molecule has 0 aliphatic rings. The molecule has 0 radical (unpaired) electrons. The Morgan fingerprint density at radius 3 is 2.20 bits per heavy atom. The van der Waals surface area contributed by atoms with Crippen molar-refractivity contribution in [1.82, 2.24) is 0 Å². The predicted molar refractivity (Wildman–Crippen MR) is 72.2 cm³/mol. The number of hydrogen-bond acceptors (Lipinski definition) is 2. The number of anilines is 1. The molecule has 1 N–H and O–H groups in total. The number of benzene rings is 2. The maximum atomic E-state index is 12.0. The SMILES string of the molecule is Cc1ccc(NC(=O)c2ccc(OC(F)F)cc2)cc1. The first-order valence-corrected chi connectivity index (χ1v) is 5.97. The molecule has 0 aromatic heterocycles. The van der Waals surface area contributed by atoms with Gasteiger partial charge in [-0.15, -0.1) is 0 Å². The molecular formula is C15H13F2NO2. The number of aryl methyl sites for hydroxylation is 1. The summed E-state index contributed by atoms with van der Waals surface area (Å²) >= 11 is 0. The molecule has 0 bridgehead atoms. The first-order chi connectivity index (χ1) is 9.54. The first kappa shape index (κ1) is 14.0. The molecule has 0 saturated carbocycles. The standard InChI is InChI=1S/C15H13F2NO2/c1-10-2-6-12(7-3-10)18-14(19)11-4-8-13(9-5-11)20-15(16)17/h2-9,15H,1H3,(H,18,19). The summed E-state index contributed by atoms with van der Waals surface area (Å²) in [5.74, 6) is -0.288. The minimum atomic E-state index is -2.87. The first-order valence-electron chi connectivity index (χ1n) is 5.97. The second-order valence-corrected chi connectivity index (χ2v) is 4.22. The van der Waals surface area contributed by atoms with Crippen molar-refractivity contribution in [3.63, 3.8) is 0 Å². The zero-order chi connectivity index (χ0) is 14.5. The molecule has 2 aromatic carbocycles. The van der Waals surface area contributed by atoms with E-state index in [1.165, 1.54) is 24.3 Å². The Morgan fingerprint density at radius 2 is 1.65 bits per heavy atom. The van der Waals surface area contributed by atoms with Gasteiger partial charge in [-0.25, -0.2) is 0 Å². The van der Waals surface area contributed by atoms with E-state index < -0.39 is 6.61 Å². The molecule has 0 aliphatic heterocycles. The molecule has 104 valence electrons. The Morgan fingerprint density at radius 1 is 1.05 bits per heavy atom. The van der Waals surface area contributed by atoms with E-state index >= 15 is 0 Å². The minimum absolute atomic E-state index is 0.0203. The van der Waals surface area contributed by atoms with Gasteiger partial charge in [0.05, 0.1) is 0 Å². The van der Waals surface area contributed by atoms with Crippen LogP contribution in [-0.2, 0) is 0 Å². The number of amides is 1. The molecule has 0 saturated heterocycles. The van der Waals surface area contributed by atoms with E-state index in [2.05, 4.69) is 10.1 Å². The molecule has 5 heteroatoms. The van der Waals surface area contributed by atoms with Crippen LogP contribution in [0.1, 0.15) is 15.9 Å². The average Bonchev–Trinajstić information content (AvgIpc) is 2.41. The molecule has 2 aromatic rings. The summed E-state index contributed by atoms with van der Waals surface area (Å²) in [5.41, 5.74) is 2.14. The fourth-order valence-corrected chi connectivity index (χ4v) is 1.63. The lowest BCUT2D eigenvalue weighted by Gasteiger charge is -2.07. The van der Waals surface area contributed by atoms with E-state index in [1.807, 2.05) is 19.1 Å². The van der Waals surface area contributed by atoms with Gasteiger partial charge in [0.15, 0.2) is 0 Å². The molecule has 1 amide bonds. The smallest absolute Gasteiger partial charge is 0.387 e. The summed E-state index contributed by atoms with van der Waals surface area (Å²) in [5, 5.41) is 2.72. The summed E-state index contributed by atoms with van der Waals surface area (Å²) in [4.78, 5) is 11.9. The number of rotatable bonds is 4. The fraction of sp³-hybridized carbons (Fsp3) is 0.133. The molecule has 0 unspecified atom stereocenters. The van der Waals surface area contributed by atoms with E-state index in [1.54, 1.807) is 12.1 Å². The largest absolute Gasteiger partial charge is 0.435 e. The van der Waals surface area contributed by atoms with Gasteiger partial charge in [-0.3, -0.25) is 4.79 Å². The highest BCUT2D eigenvalue weighted by molar-refractivity contribution is 6.04. The van der Waals surface area contributed by atoms with Gasteiger partial charge in [0.2, 0.25) is 0 Å². The highest BCUT2D eigenvalue weighted by Gasteiger charge is 2.08. The van der Waals surface area contributed by atoms with Crippen LogP contribution < -0.4 is 10.1 Å². The van der Waals surface area contributed by atoms with Gasteiger partial charge in [-0.05, 0) is 43.3 Å². The van der Waals surface area contributed by atoms with Crippen molar-refractivity contribution in [3.8, 4) is 5.75 Å². The molecule has 0 aliphatic carbocycles. The number of nitrogens with one attached hydrogen (secondary N) is 1. The molecule has 0 spiro atoms. The van der Waals surface area contributed by atoms with Crippen molar-refractivity contribution in [3.05, 3.63) is 59.7 Å². The third-order valence-corrected chi connectivity index (χ3v) is 2.65. The van der Waals surface area contributed by atoms with Crippen LogP contribution in [0.3, 0.4) is 0 Å². The summed E-state index contributed by atoms with van der Waals surface area (Å²) in [7, 11) is 0. The van der Waals surface area contributed by atoms with Crippen LogP contribution >= 0.6 is 0 Å². The lowest BCUT2D eigenvalue weighted by molar-refractivity contribution is -0.0498. The molecule has 0 atom stereocenters. The van der Waals surface area contributed by atoms with E-state index in [0.717, 1.165) is 5.56 Å². The third-order valence-electron chi connectivity index (χ3n) is 2.65. The van der Waals surface area contributed by atoms with Crippen LogP contribution in [0.15, 0.2) is 48.5 Å². The van der Waals surface area contributed by atoms with Crippen molar-refractivity contribution in [2.45, 2.75) is 13.5 Å². The van der Waals surface area contributed by atoms with Crippen LogP contribution in [0.2, 0.25) is 0 Å². The summed E-state index contributed by atoms with van der Waals surface area (Å²) in [6.45, 7) is -0.921. The Hall–Kier alpha value is -2.43. The average molecular weight is 277 g/mol. The number of carbonyl (C=O) groups is 1. The maximum Gasteiger partial charge on any atom is 0.387 e. The van der Waals surface area contributed by atoms with Crippen molar-refractivity contribution in [1.29, 1.82) is 0 Å². The number of hydrogen-bond donors (Lipinski definition) is 1. The Labute approximate surface area is 115 Å². The number of halogens is 2. The molecule has 20 heavy (non-hydrogen) atoms. The highest BCUT2D eigenvalue weighted by atomic mass is 19.3. The van der Waals surface area contributed by atoms with Gasteiger partial charge in [0.25, 0.3) is 5.91 Å². The molecule has 0 fully saturated rings. The van der Waals surface area contributed by atoms with Gasteiger partial charge in [0, 0.05) is 11.3 Å². The van der Waals surface area contributed by atoms with E-state index in [-0.39, 0.29) is 11.7 Å². The second kappa shape index (κ2) is 6.14. The quantitative estimate of drug-likeness (QED) is 0.921. The van der Waals surface area contributed by atoms with Crippen molar-refractivity contribution < 1.29 is 18.3 Å². The van der Waals surface area contributed by atoms with Crippen LogP contribution in [0.25, 0.3) is 0 Å². The topological polar surface area (TPSA) is 38.3 Å². The fourth-order valence-electron chi connectivity index (χ4n) is 1.63. The summed E-state index contributed by atoms with van der Waals surface area (Å²) < 4.78 is 28.2. The van der Waals surface area contributed by atoms with Crippen LogP contribution in [0.4, 0.5) is 14.5 Å². The molecular weight excluding hydrogens is 264 g/mol. The zero-order valence-corrected chi connectivity index (χ0v) is 10.8. The lowest BCUT2D eigenvalue weighted by atomic mass is 10.2. The van der Waals surface area contributed by atoms with Crippen molar-refractivity contribution in [2.75, 3.05) is 5.32 Å². The normalized spacial score (nSPS) is 10.4. The van der Waals surface area contributed by atoms with E-state index in [9.17, 15) is 13.6 Å². The zero-order valence-electron chi connectivity index (χ0n) is 10.8. The summed E-state index contributed by atoms with van der Waals surface area (Å²) in [6, 6.07) is 12.9. The van der Waals surface area contributed by atoms with Gasteiger partial charge in [-0.2, -0.15) is 8.78 Å². The highest BCUT2D eigenvalue weighted by Crippen LogP contribution is 2.16. The summed E-state index contributed by atoms with van der Waals surface area (Å²) in [6.07, 6.45) is 0. The van der Waals surface area contributed by atoms with E-state index in [0.29, 0.717) is 11.3 Å². The predicted octanol–water partition coefficient (Wildman–Crippen LogP) is 3.85. The molecule has 3 nitrogen and oxygen atoms in total. The van der Waals surface area contributed by atoms with Crippen molar-refractivity contribution in [2.24, 2.45) is 0 Å². The molecule has 0 heterocycles. The number of alkyl halides is 2. The van der Waals surface area contributed by atoms with Gasteiger partial charge < -0.3 is 10.1 Å². The number of carbonyl (C=O) groups excluding carboxylic acids is 1. The van der Waals surface area contributed by atoms with Gasteiger partial charge >= 0.3 is 6.61 Å². The lowest BCUT2D eigenvalue weighted by Crippen LogP contribution is -2.11. The Balaban J connectivity index is 2.03. The monoisotopic (exact) mass is 277 g/mol. The van der Waals surface area contributed by atoms with Gasteiger partial charge in [-0.1, -0.05) is 17.7 Å². The van der Waals surface area contributed by atoms with Crippen LogP contribution in [0, 0.1) is 6.92 Å². The van der Waals surface area contributed by atoms with Gasteiger partial charge in [0.1, 0.15) is 5.75 Å². The minimum Gasteiger partial charge on any atom is -0.435 e. The third kappa shape index (κ3) is 3.78. The van der Waals surface area contributed by atoms with Crippen LogP contribution in [0.5, 0.6) is 5.75 Å².